The Balaban J connectivity index is 0.00000242. The molecule has 1 saturated heterocycles. The van der Waals surface area contributed by atoms with Crippen LogP contribution in [-0.2, 0) is 9.53 Å². The molecule has 132 valence electrons. The van der Waals surface area contributed by atoms with Crippen molar-refractivity contribution in [2.75, 3.05) is 57.9 Å². The molecule has 0 atom stereocenters. The summed E-state index contributed by atoms with van der Waals surface area (Å²) in [5, 5.41) is 3.10. The zero-order valence-electron chi connectivity index (χ0n) is 13.8. The molecule has 1 aromatic rings. The Morgan fingerprint density at radius 3 is 2.52 bits per heavy atom. The quantitative estimate of drug-likeness (QED) is 0.781. The lowest BCUT2D eigenvalue weighted by Crippen LogP contribution is -2.51. The van der Waals surface area contributed by atoms with E-state index in [0.717, 1.165) is 26.2 Å². The zero-order chi connectivity index (χ0) is 15.1. The highest BCUT2D eigenvalue weighted by Crippen LogP contribution is 2.17. The molecule has 1 heterocycles. The van der Waals surface area contributed by atoms with Crippen LogP contribution in [-0.4, -0.2) is 63.8 Å². The Bertz CT molecular complexity index is 466. The maximum atomic E-state index is 12.1. The third kappa shape index (κ3) is 6.96. The van der Waals surface area contributed by atoms with Crippen LogP contribution in [0.4, 0.5) is 5.69 Å². The monoisotopic (exact) mass is 363 g/mol. The largest absolute Gasteiger partial charge is 0.383 e. The van der Waals surface area contributed by atoms with Crippen LogP contribution in [0.3, 0.4) is 0 Å². The van der Waals surface area contributed by atoms with E-state index >= 15 is 0 Å². The zero-order valence-corrected chi connectivity index (χ0v) is 15.4. The minimum Gasteiger partial charge on any atom is -0.383 e. The maximum absolute atomic E-state index is 12.1. The molecule has 1 aromatic carbocycles. The van der Waals surface area contributed by atoms with Crippen molar-refractivity contribution in [3.05, 3.63) is 29.8 Å². The van der Waals surface area contributed by atoms with Crippen molar-refractivity contribution < 1.29 is 9.53 Å². The number of methoxy groups -OCH3 is 1. The van der Waals surface area contributed by atoms with Gasteiger partial charge < -0.3 is 19.9 Å². The van der Waals surface area contributed by atoms with E-state index in [0.29, 0.717) is 19.7 Å². The normalized spacial score (nSPS) is 14.0. The van der Waals surface area contributed by atoms with Crippen LogP contribution >= 0.6 is 24.8 Å². The number of nitrogens with one attached hydrogen (secondary N) is 1. The summed E-state index contributed by atoms with van der Waals surface area (Å²) in [5.41, 5.74) is 2.52. The summed E-state index contributed by atoms with van der Waals surface area (Å²) < 4.78 is 4.95. The first-order chi connectivity index (χ1) is 10.2. The van der Waals surface area contributed by atoms with Gasteiger partial charge in [-0.25, -0.2) is 0 Å². The standard InChI is InChI=1S/C16H25N3O2.2ClH/c1-14-4-3-5-15(12-14)18-7-9-19(10-8-18)16(20)13-17-6-11-21-2;;/h3-5,12,17H,6-11,13H2,1-2H3;2*1H. The van der Waals surface area contributed by atoms with Crippen LogP contribution < -0.4 is 10.2 Å². The van der Waals surface area contributed by atoms with E-state index in [4.69, 9.17) is 4.74 Å². The number of nitrogens with zero attached hydrogens (tertiary/aromatic N) is 2. The molecule has 0 saturated carbocycles. The van der Waals surface area contributed by atoms with Crippen molar-refractivity contribution in [2.24, 2.45) is 0 Å². The number of carbonyl (C=O) groups is 1. The van der Waals surface area contributed by atoms with Crippen LogP contribution in [0.25, 0.3) is 0 Å². The van der Waals surface area contributed by atoms with Crippen LogP contribution in [0.1, 0.15) is 5.56 Å². The lowest BCUT2D eigenvalue weighted by Gasteiger charge is -2.36. The van der Waals surface area contributed by atoms with Crippen molar-refractivity contribution >= 4 is 36.4 Å². The van der Waals surface area contributed by atoms with E-state index < -0.39 is 0 Å². The Hall–Kier alpha value is -1.01. The first-order valence-electron chi connectivity index (χ1n) is 7.50. The number of amides is 1. The van der Waals surface area contributed by atoms with E-state index in [1.807, 2.05) is 4.90 Å². The highest BCUT2D eigenvalue weighted by atomic mass is 35.5. The smallest absolute Gasteiger partial charge is 0.236 e. The number of hydrogen-bond acceptors (Lipinski definition) is 4. The fourth-order valence-corrected chi connectivity index (χ4v) is 2.52. The van der Waals surface area contributed by atoms with E-state index in [1.165, 1.54) is 11.3 Å². The minimum atomic E-state index is 0. The summed E-state index contributed by atoms with van der Waals surface area (Å²) in [4.78, 5) is 16.3. The predicted molar refractivity (Wildman–Crippen MR) is 99.2 cm³/mol. The number of hydrogen-bond donors (Lipinski definition) is 1. The average Bonchev–Trinajstić information content (AvgIpc) is 2.51. The van der Waals surface area contributed by atoms with Crippen molar-refractivity contribution in [3.63, 3.8) is 0 Å². The van der Waals surface area contributed by atoms with Gasteiger partial charge in [-0.1, -0.05) is 12.1 Å². The second-order valence-corrected chi connectivity index (χ2v) is 5.38. The number of rotatable bonds is 6. The van der Waals surface area contributed by atoms with Crippen molar-refractivity contribution in [2.45, 2.75) is 6.92 Å². The third-order valence-corrected chi connectivity index (χ3v) is 3.76. The summed E-state index contributed by atoms with van der Waals surface area (Å²) in [7, 11) is 1.66. The summed E-state index contributed by atoms with van der Waals surface area (Å²) in [6, 6.07) is 8.53. The molecule has 2 rings (SSSR count). The van der Waals surface area contributed by atoms with Gasteiger partial charge in [0, 0.05) is 45.5 Å². The molecule has 1 aliphatic heterocycles. The minimum absolute atomic E-state index is 0. The second kappa shape index (κ2) is 11.5. The molecule has 0 aromatic heterocycles. The van der Waals surface area contributed by atoms with Crippen LogP contribution in [0, 0.1) is 6.92 Å². The molecule has 0 spiro atoms. The maximum Gasteiger partial charge on any atom is 0.236 e. The molecule has 5 nitrogen and oxygen atoms in total. The highest BCUT2D eigenvalue weighted by molar-refractivity contribution is 5.85. The summed E-state index contributed by atoms with van der Waals surface area (Å²) in [5.74, 6) is 0.176. The SMILES string of the molecule is COCCNCC(=O)N1CCN(c2cccc(C)c2)CC1.Cl.Cl. The van der Waals surface area contributed by atoms with Gasteiger partial charge >= 0.3 is 0 Å². The van der Waals surface area contributed by atoms with E-state index in [1.54, 1.807) is 7.11 Å². The Morgan fingerprint density at radius 1 is 1.22 bits per heavy atom. The van der Waals surface area contributed by atoms with E-state index in [-0.39, 0.29) is 30.7 Å². The topological polar surface area (TPSA) is 44.8 Å². The van der Waals surface area contributed by atoms with Gasteiger partial charge in [0.15, 0.2) is 0 Å². The van der Waals surface area contributed by atoms with Gasteiger partial charge in [-0.15, -0.1) is 24.8 Å². The van der Waals surface area contributed by atoms with Gasteiger partial charge in [-0.3, -0.25) is 4.79 Å². The number of aryl methyl sites for hydroxylation is 1. The molecule has 0 aliphatic carbocycles. The second-order valence-electron chi connectivity index (χ2n) is 5.38. The number of ether oxygens (including phenoxy) is 1. The third-order valence-electron chi connectivity index (χ3n) is 3.76. The number of carbonyl (C=O) groups excluding carboxylic acids is 1. The molecule has 23 heavy (non-hydrogen) atoms. The van der Waals surface area contributed by atoms with Gasteiger partial charge in [0.25, 0.3) is 0 Å². The summed E-state index contributed by atoms with van der Waals surface area (Å²) >= 11 is 0. The number of anilines is 1. The molecule has 1 N–H and O–H groups in total. The van der Waals surface area contributed by atoms with Gasteiger partial charge in [-0.05, 0) is 24.6 Å². The van der Waals surface area contributed by atoms with Crippen LogP contribution in [0.2, 0.25) is 0 Å². The first-order valence-corrected chi connectivity index (χ1v) is 7.50. The van der Waals surface area contributed by atoms with Crippen LogP contribution in [0.5, 0.6) is 0 Å². The van der Waals surface area contributed by atoms with Crippen molar-refractivity contribution in [1.29, 1.82) is 0 Å². The first kappa shape index (κ1) is 22.0. The lowest BCUT2D eigenvalue weighted by molar-refractivity contribution is -0.130. The van der Waals surface area contributed by atoms with Crippen molar-refractivity contribution in [3.8, 4) is 0 Å². The van der Waals surface area contributed by atoms with Crippen molar-refractivity contribution in [1.82, 2.24) is 10.2 Å². The fourth-order valence-electron chi connectivity index (χ4n) is 2.52. The molecule has 1 aliphatic rings. The van der Waals surface area contributed by atoms with Gasteiger partial charge in [0.05, 0.1) is 13.2 Å². The molecule has 0 unspecified atom stereocenters. The molecule has 1 amide bonds. The molecular formula is C16H27Cl2N3O2. The average molecular weight is 364 g/mol. The van der Waals surface area contributed by atoms with Crippen LogP contribution in [0.15, 0.2) is 24.3 Å². The number of halogens is 2. The van der Waals surface area contributed by atoms with Gasteiger partial charge in [0.2, 0.25) is 5.91 Å². The van der Waals surface area contributed by atoms with E-state index in [2.05, 4.69) is 41.4 Å². The van der Waals surface area contributed by atoms with Gasteiger partial charge in [-0.2, -0.15) is 0 Å². The molecule has 0 radical (unpaired) electrons. The molecule has 1 fully saturated rings. The Morgan fingerprint density at radius 2 is 1.91 bits per heavy atom. The predicted octanol–water partition coefficient (Wildman–Crippen LogP) is 1.72. The number of piperazine rings is 1. The van der Waals surface area contributed by atoms with Gasteiger partial charge in [0.1, 0.15) is 0 Å². The highest BCUT2D eigenvalue weighted by Gasteiger charge is 2.20. The summed E-state index contributed by atoms with van der Waals surface area (Å²) in [6.45, 7) is 7.22. The summed E-state index contributed by atoms with van der Waals surface area (Å²) in [6.07, 6.45) is 0. The Labute approximate surface area is 151 Å². The van der Waals surface area contributed by atoms with E-state index in [9.17, 15) is 4.79 Å². The fraction of sp³-hybridized carbons (Fsp3) is 0.562. The molecular weight excluding hydrogens is 337 g/mol. The number of benzene rings is 1. The molecule has 7 heteroatoms. The molecule has 0 bridgehead atoms. The lowest BCUT2D eigenvalue weighted by atomic mass is 10.2. The Kier molecular flexibility index (Phi) is 11.0.